The van der Waals surface area contributed by atoms with E-state index in [0.717, 1.165) is 28.4 Å². The summed E-state index contributed by atoms with van der Waals surface area (Å²) in [5.41, 5.74) is 2.53. The van der Waals surface area contributed by atoms with Crippen molar-refractivity contribution in [2.75, 3.05) is 22.7 Å². The molecule has 0 bridgehead atoms. The Balaban J connectivity index is 1.38. The molecule has 9 heteroatoms. The Hall–Kier alpha value is -3.88. The second-order valence-corrected chi connectivity index (χ2v) is 6.09. The number of benzene rings is 2. The molecular formula is C19H18N6O3. The second-order valence-electron chi connectivity index (χ2n) is 6.09. The van der Waals surface area contributed by atoms with E-state index in [9.17, 15) is 4.79 Å². The molecule has 2 aromatic carbocycles. The molecule has 1 aliphatic rings. The van der Waals surface area contributed by atoms with Crippen LogP contribution < -0.4 is 25.4 Å². The zero-order chi connectivity index (χ0) is 19.3. The summed E-state index contributed by atoms with van der Waals surface area (Å²) in [6, 6.07) is 13.0. The summed E-state index contributed by atoms with van der Waals surface area (Å²) in [5.74, 6) is 2.33. The topological polar surface area (TPSA) is 110 Å². The standard InChI is InChI=1S/C19H18N6O3/c1-12(26)22-14-3-5-15(6-4-14)23-19-24-18(10-21-25-19)20-9-13-2-7-16-17(8-13)28-11-27-16/h2-8,10H,9,11H2,1H3,(H,22,26)(H2,20,23,24,25). The third-order valence-corrected chi connectivity index (χ3v) is 3.93. The molecule has 0 unspecified atom stereocenters. The maximum absolute atomic E-state index is 11.1. The Morgan fingerprint density at radius 1 is 1.07 bits per heavy atom. The number of rotatable bonds is 6. The molecule has 1 aromatic heterocycles. The molecule has 3 aromatic rings. The van der Waals surface area contributed by atoms with Crippen LogP contribution in [0.2, 0.25) is 0 Å². The highest BCUT2D eigenvalue weighted by atomic mass is 16.7. The van der Waals surface area contributed by atoms with Gasteiger partial charge in [0.15, 0.2) is 17.3 Å². The fourth-order valence-corrected chi connectivity index (χ4v) is 2.65. The molecule has 0 saturated heterocycles. The van der Waals surface area contributed by atoms with Gasteiger partial charge in [0.05, 0.1) is 6.20 Å². The minimum atomic E-state index is -0.116. The summed E-state index contributed by atoms with van der Waals surface area (Å²) in [7, 11) is 0. The first-order valence-electron chi connectivity index (χ1n) is 8.62. The number of nitrogens with one attached hydrogen (secondary N) is 3. The number of aromatic nitrogens is 3. The quantitative estimate of drug-likeness (QED) is 0.601. The van der Waals surface area contributed by atoms with E-state index in [0.29, 0.717) is 18.3 Å². The fourth-order valence-electron chi connectivity index (χ4n) is 2.65. The monoisotopic (exact) mass is 378 g/mol. The lowest BCUT2D eigenvalue weighted by Crippen LogP contribution is -2.06. The summed E-state index contributed by atoms with van der Waals surface area (Å²) in [4.78, 5) is 15.5. The minimum absolute atomic E-state index is 0.116. The van der Waals surface area contributed by atoms with E-state index in [1.54, 1.807) is 18.3 Å². The van der Waals surface area contributed by atoms with Gasteiger partial charge in [-0.15, -0.1) is 5.10 Å². The minimum Gasteiger partial charge on any atom is -0.454 e. The molecule has 0 spiro atoms. The Morgan fingerprint density at radius 2 is 1.86 bits per heavy atom. The van der Waals surface area contributed by atoms with Crippen molar-refractivity contribution in [3.63, 3.8) is 0 Å². The number of ether oxygens (including phenoxy) is 2. The van der Waals surface area contributed by atoms with Crippen LogP contribution in [0.4, 0.5) is 23.1 Å². The van der Waals surface area contributed by atoms with E-state index < -0.39 is 0 Å². The number of carbonyl (C=O) groups is 1. The maximum atomic E-state index is 11.1. The molecule has 3 N–H and O–H groups in total. The van der Waals surface area contributed by atoms with Crippen LogP contribution in [-0.2, 0) is 11.3 Å². The average molecular weight is 378 g/mol. The van der Waals surface area contributed by atoms with Gasteiger partial charge in [-0.2, -0.15) is 10.1 Å². The summed E-state index contributed by atoms with van der Waals surface area (Å²) < 4.78 is 10.7. The second kappa shape index (κ2) is 7.78. The lowest BCUT2D eigenvalue weighted by Gasteiger charge is -2.09. The Labute approximate surface area is 161 Å². The molecule has 1 aliphatic heterocycles. The van der Waals surface area contributed by atoms with E-state index in [1.165, 1.54) is 6.92 Å². The largest absolute Gasteiger partial charge is 0.454 e. The van der Waals surface area contributed by atoms with Crippen LogP contribution in [-0.4, -0.2) is 27.9 Å². The first-order valence-corrected chi connectivity index (χ1v) is 8.62. The van der Waals surface area contributed by atoms with Crippen molar-refractivity contribution in [3.05, 3.63) is 54.2 Å². The number of hydrogen-bond donors (Lipinski definition) is 3. The lowest BCUT2D eigenvalue weighted by atomic mass is 10.2. The smallest absolute Gasteiger partial charge is 0.249 e. The molecule has 2 heterocycles. The molecule has 142 valence electrons. The van der Waals surface area contributed by atoms with Gasteiger partial charge in [-0.1, -0.05) is 6.07 Å². The van der Waals surface area contributed by atoms with Crippen molar-refractivity contribution in [1.82, 2.24) is 15.2 Å². The normalized spacial score (nSPS) is 11.8. The van der Waals surface area contributed by atoms with Crippen LogP contribution in [0.15, 0.2) is 48.7 Å². The highest BCUT2D eigenvalue weighted by molar-refractivity contribution is 5.88. The number of anilines is 4. The SMILES string of the molecule is CC(=O)Nc1ccc(Nc2nncc(NCc3ccc4c(c3)OCO4)n2)cc1. The van der Waals surface area contributed by atoms with E-state index in [2.05, 4.69) is 31.1 Å². The van der Waals surface area contributed by atoms with E-state index in [4.69, 9.17) is 9.47 Å². The van der Waals surface area contributed by atoms with Crippen LogP contribution in [0, 0.1) is 0 Å². The number of fused-ring (bicyclic) bond motifs is 1. The van der Waals surface area contributed by atoms with Gasteiger partial charge in [-0.25, -0.2) is 0 Å². The summed E-state index contributed by atoms with van der Waals surface area (Å²) >= 11 is 0. The molecule has 1 amide bonds. The summed E-state index contributed by atoms with van der Waals surface area (Å²) in [6.45, 7) is 2.27. The van der Waals surface area contributed by atoms with Crippen LogP contribution in [0.5, 0.6) is 11.5 Å². The van der Waals surface area contributed by atoms with Crippen molar-refractivity contribution in [2.45, 2.75) is 13.5 Å². The number of amides is 1. The molecule has 4 rings (SSSR count). The predicted molar refractivity (Wildman–Crippen MR) is 104 cm³/mol. The van der Waals surface area contributed by atoms with Crippen molar-refractivity contribution in [1.29, 1.82) is 0 Å². The zero-order valence-electron chi connectivity index (χ0n) is 15.1. The van der Waals surface area contributed by atoms with Crippen LogP contribution in [0.3, 0.4) is 0 Å². The van der Waals surface area contributed by atoms with Gasteiger partial charge in [0, 0.05) is 24.8 Å². The molecule has 0 radical (unpaired) electrons. The molecule has 28 heavy (non-hydrogen) atoms. The number of hydrogen-bond acceptors (Lipinski definition) is 8. The van der Waals surface area contributed by atoms with Gasteiger partial charge in [0.25, 0.3) is 0 Å². The molecular weight excluding hydrogens is 360 g/mol. The summed E-state index contributed by atoms with van der Waals surface area (Å²) in [6.07, 6.45) is 1.55. The summed E-state index contributed by atoms with van der Waals surface area (Å²) in [5, 5.41) is 17.0. The number of carbonyl (C=O) groups excluding carboxylic acids is 1. The van der Waals surface area contributed by atoms with Gasteiger partial charge in [-0.05, 0) is 42.0 Å². The third kappa shape index (κ3) is 4.26. The molecule has 0 atom stereocenters. The zero-order valence-corrected chi connectivity index (χ0v) is 15.1. The Bertz CT molecular complexity index is 993. The first kappa shape index (κ1) is 17.5. The lowest BCUT2D eigenvalue weighted by molar-refractivity contribution is -0.114. The van der Waals surface area contributed by atoms with E-state index in [1.807, 2.05) is 30.3 Å². The van der Waals surface area contributed by atoms with Crippen LogP contribution in [0.1, 0.15) is 12.5 Å². The van der Waals surface area contributed by atoms with Gasteiger partial charge in [-0.3, -0.25) is 4.79 Å². The predicted octanol–water partition coefficient (Wildman–Crippen LogP) is 2.91. The van der Waals surface area contributed by atoms with Gasteiger partial charge >= 0.3 is 0 Å². The third-order valence-electron chi connectivity index (χ3n) is 3.93. The van der Waals surface area contributed by atoms with Gasteiger partial charge in [0.1, 0.15) is 0 Å². The Morgan fingerprint density at radius 3 is 2.68 bits per heavy atom. The highest BCUT2D eigenvalue weighted by Crippen LogP contribution is 2.32. The van der Waals surface area contributed by atoms with Crippen LogP contribution >= 0.6 is 0 Å². The van der Waals surface area contributed by atoms with E-state index in [-0.39, 0.29) is 12.7 Å². The molecule has 0 fully saturated rings. The Kier molecular flexibility index (Phi) is 4.87. The maximum Gasteiger partial charge on any atom is 0.249 e. The van der Waals surface area contributed by atoms with Crippen molar-refractivity contribution in [3.8, 4) is 11.5 Å². The van der Waals surface area contributed by atoms with Crippen molar-refractivity contribution >= 4 is 29.0 Å². The van der Waals surface area contributed by atoms with Crippen molar-refractivity contribution in [2.24, 2.45) is 0 Å². The fraction of sp³-hybridized carbons (Fsp3) is 0.158. The molecule has 0 saturated carbocycles. The average Bonchev–Trinajstić information content (AvgIpc) is 3.16. The van der Waals surface area contributed by atoms with Gasteiger partial charge < -0.3 is 25.4 Å². The van der Waals surface area contributed by atoms with Crippen molar-refractivity contribution < 1.29 is 14.3 Å². The van der Waals surface area contributed by atoms with Gasteiger partial charge in [0.2, 0.25) is 18.6 Å². The highest BCUT2D eigenvalue weighted by Gasteiger charge is 2.13. The van der Waals surface area contributed by atoms with E-state index >= 15 is 0 Å². The first-order chi connectivity index (χ1) is 13.7. The molecule has 9 nitrogen and oxygen atoms in total. The number of nitrogens with zero attached hydrogens (tertiary/aromatic N) is 3. The van der Waals surface area contributed by atoms with Crippen LogP contribution in [0.25, 0.3) is 0 Å². The molecule has 0 aliphatic carbocycles.